The highest BCUT2D eigenvalue weighted by Gasteiger charge is 2.45. The van der Waals surface area contributed by atoms with Crippen molar-refractivity contribution in [2.24, 2.45) is 5.92 Å². The summed E-state index contributed by atoms with van der Waals surface area (Å²) in [4.78, 5) is 97.5. The number of rotatable bonds is 21. The SMILES string of the molecule is CN(CCOCCOCCNc1cccc2c1C(=O)N(C1CCC(=O)NC1=O)C2=O)C(=O)CN(C)c1cc(-c2cccc(C3CSC(NC(=O)CNC(=O)C4CCN(S(C)(=O)=O)C4)N3)c2)ccn1. The predicted molar refractivity (Wildman–Crippen MR) is 252 cm³/mol. The molecule has 364 valence electrons. The molecule has 2 aromatic carbocycles. The standard InChI is InChI=1S/C45H56N10O11S2/c1-52(17-19-66-21-20-65-18-15-46-33-9-5-8-32-40(33)44(62)55(43(32)61)35-10-11-37(56)50-42(35)60)39(58)26-53(2)36-23-29(12-14-47-36)28-6-4-7-30(22-28)34-27-67-45(49-34)51-38(57)24-48-41(59)31-13-16-54(25-31)68(3,63)64/h4-9,12,14,22-23,31,34-35,45-46,49H,10-11,13,15-21,24-27H2,1-3H3,(H,48,59)(H,51,57)(H,50,56,60). The number of piperidine rings is 1. The molecule has 3 saturated heterocycles. The van der Waals surface area contributed by atoms with Crippen LogP contribution in [0.25, 0.3) is 11.1 Å². The number of nitrogens with zero attached hydrogens (tertiary/aromatic N) is 5. The lowest BCUT2D eigenvalue weighted by molar-refractivity contribution is -0.136. The smallest absolute Gasteiger partial charge is 0.264 e. The molecule has 21 nitrogen and oxygen atoms in total. The van der Waals surface area contributed by atoms with Gasteiger partial charge in [-0.05, 0) is 59.9 Å². The third-order valence-electron chi connectivity index (χ3n) is 12.0. The monoisotopic (exact) mass is 976 g/mol. The highest BCUT2D eigenvalue weighted by atomic mass is 32.2. The van der Waals surface area contributed by atoms with E-state index in [4.69, 9.17) is 9.47 Å². The van der Waals surface area contributed by atoms with E-state index in [9.17, 15) is 42.0 Å². The van der Waals surface area contributed by atoms with E-state index in [-0.39, 0.29) is 92.6 Å². The zero-order chi connectivity index (χ0) is 48.5. The summed E-state index contributed by atoms with van der Waals surface area (Å²) in [5.41, 5.74) is 3.34. The number of fused-ring (bicyclic) bond motifs is 1. The van der Waals surface area contributed by atoms with E-state index < -0.39 is 45.6 Å². The number of ether oxygens (including phenoxy) is 2. The minimum Gasteiger partial charge on any atom is -0.382 e. The van der Waals surface area contributed by atoms with Crippen molar-refractivity contribution >= 4 is 74.6 Å². The second-order valence-electron chi connectivity index (χ2n) is 16.9. The summed E-state index contributed by atoms with van der Waals surface area (Å²) in [7, 11) is 0.139. The Morgan fingerprint density at radius 3 is 2.47 bits per heavy atom. The van der Waals surface area contributed by atoms with E-state index in [1.165, 1.54) is 10.4 Å². The van der Waals surface area contributed by atoms with Gasteiger partial charge in [-0.25, -0.2) is 17.7 Å². The fraction of sp³-hybridized carbons (Fsp3) is 0.467. The first-order valence-electron chi connectivity index (χ1n) is 22.2. The molecule has 5 heterocycles. The van der Waals surface area contributed by atoms with Gasteiger partial charge in [0.2, 0.25) is 39.6 Å². The summed E-state index contributed by atoms with van der Waals surface area (Å²) in [6.07, 6.45) is 3.35. The van der Waals surface area contributed by atoms with Gasteiger partial charge in [-0.1, -0.05) is 24.3 Å². The van der Waals surface area contributed by atoms with Crippen LogP contribution in [0, 0.1) is 5.92 Å². The number of thioether (sulfide) groups is 1. The largest absolute Gasteiger partial charge is 0.382 e. The maximum atomic E-state index is 13.3. The van der Waals surface area contributed by atoms with Crippen molar-refractivity contribution in [3.63, 3.8) is 0 Å². The average molecular weight is 977 g/mol. The maximum absolute atomic E-state index is 13.3. The van der Waals surface area contributed by atoms with Gasteiger partial charge in [-0.15, -0.1) is 11.8 Å². The molecule has 7 rings (SSSR count). The third-order valence-corrected chi connectivity index (χ3v) is 14.4. The van der Waals surface area contributed by atoms with E-state index in [0.29, 0.717) is 50.0 Å². The minimum atomic E-state index is -3.37. The van der Waals surface area contributed by atoms with Crippen molar-refractivity contribution in [1.82, 2.24) is 40.4 Å². The van der Waals surface area contributed by atoms with Crippen LogP contribution < -0.4 is 31.5 Å². The molecule has 0 aliphatic carbocycles. The van der Waals surface area contributed by atoms with Crippen LogP contribution in [-0.4, -0.2) is 172 Å². The van der Waals surface area contributed by atoms with E-state index >= 15 is 0 Å². The molecule has 3 fully saturated rings. The van der Waals surface area contributed by atoms with Crippen molar-refractivity contribution < 1.29 is 51.5 Å². The number of likely N-dealkylation sites (N-methyl/N-ethyl adjacent to an activating group) is 2. The Morgan fingerprint density at radius 2 is 1.71 bits per heavy atom. The Labute approximate surface area is 398 Å². The second-order valence-corrected chi connectivity index (χ2v) is 20.0. The molecular formula is C45H56N10O11S2. The molecule has 23 heteroatoms. The number of amides is 7. The van der Waals surface area contributed by atoms with Crippen molar-refractivity contribution in [2.75, 3.05) is 102 Å². The van der Waals surface area contributed by atoms with Gasteiger partial charge in [0.05, 0.1) is 62.8 Å². The number of benzene rings is 2. The number of anilines is 2. The molecule has 4 unspecified atom stereocenters. The van der Waals surface area contributed by atoms with E-state index in [1.807, 2.05) is 30.3 Å². The summed E-state index contributed by atoms with van der Waals surface area (Å²) in [6.45, 7) is 2.12. The van der Waals surface area contributed by atoms with Gasteiger partial charge in [0.1, 0.15) is 17.4 Å². The van der Waals surface area contributed by atoms with Crippen LogP contribution in [0.2, 0.25) is 0 Å². The molecule has 0 spiro atoms. The number of carbonyl (C=O) groups is 7. The van der Waals surface area contributed by atoms with Gasteiger partial charge in [0.15, 0.2) is 0 Å². The number of carbonyl (C=O) groups excluding carboxylic acids is 7. The van der Waals surface area contributed by atoms with E-state index in [1.54, 1.807) is 54.0 Å². The molecule has 3 aromatic rings. The van der Waals surface area contributed by atoms with Crippen molar-refractivity contribution in [3.8, 4) is 11.1 Å². The van der Waals surface area contributed by atoms with Crippen LogP contribution in [0.1, 0.15) is 51.6 Å². The molecule has 0 bridgehead atoms. The molecule has 4 aliphatic heterocycles. The van der Waals surface area contributed by atoms with Crippen molar-refractivity contribution in [2.45, 2.75) is 36.8 Å². The Hall–Kier alpha value is -5.98. The van der Waals surface area contributed by atoms with Gasteiger partial charge in [0.25, 0.3) is 11.8 Å². The lowest BCUT2D eigenvalue weighted by Crippen LogP contribution is -2.54. The number of hydrogen-bond donors (Lipinski definition) is 5. The third kappa shape index (κ3) is 12.4. The first-order chi connectivity index (χ1) is 32.6. The van der Waals surface area contributed by atoms with Gasteiger partial charge in [-0.3, -0.25) is 49.1 Å². The van der Waals surface area contributed by atoms with Gasteiger partial charge in [0, 0.05) is 70.4 Å². The molecule has 5 N–H and O–H groups in total. The van der Waals surface area contributed by atoms with Crippen LogP contribution in [0.5, 0.6) is 0 Å². The van der Waals surface area contributed by atoms with Gasteiger partial charge < -0.3 is 35.2 Å². The maximum Gasteiger partial charge on any atom is 0.264 e. The fourth-order valence-electron chi connectivity index (χ4n) is 8.21. The summed E-state index contributed by atoms with van der Waals surface area (Å²) >= 11 is 1.54. The zero-order valence-electron chi connectivity index (χ0n) is 38.0. The Balaban J connectivity index is 0.778. The first kappa shape index (κ1) is 49.9. The topological polar surface area (TPSA) is 258 Å². The highest BCUT2D eigenvalue weighted by Crippen LogP contribution is 2.33. The number of aromatic nitrogens is 1. The fourth-order valence-corrected chi connectivity index (χ4v) is 10.3. The molecule has 68 heavy (non-hydrogen) atoms. The Morgan fingerprint density at radius 1 is 0.941 bits per heavy atom. The number of nitrogens with one attached hydrogen (secondary N) is 5. The number of hydrogen-bond acceptors (Lipinski definition) is 16. The minimum absolute atomic E-state index is 0.0408. The lowest BCUT2D eigenvalue weighted by atomic mass is 10.0. The van der Waals surface area contributed by atoms with Crippen LogP contribution >= 0.6 is 11.8 Å². The van der Waals surface area contributed by atoms with Crippen LogP contribution in [0.3, 0.4) is 0 Å². The highest BCUT2D eigenvalue weighted by molar-refractivity contribution is 8.00. The normalized spacial score (nSPS) is 20.5. The van der Waals surface area contributed by atoms with Crippen LogP contribution in [-0.2, 0) is 43.5 Å². The molecule has 0 radical (unpaired) electrons. The van der Waals surface area contributed by atoms with Gasteiger partial charge in [-0.2, -0.15) is 0 Å². The lowest BCUT2D eigenvalue weighted by Gasteiger charge is -2.27. The zero-order valence-corrected chi connectivity index (χ0v) is 39.7. The Kier molecular flexibility index (Phi) is 16.5. The molecular weight excluding hydrogens is 921 g/mol. The molecule has 4 atom stereocenters. The second kappa shape index (κ2) is 22.4. The first-order valence-corrected chi connectivity index (χ1v) is 25.1. The number of pyridine rings is 1. The van der Waals surface area contributed by atoms with Gasteiger partial charge >= 0.3 is 0 Å². The molecule has 0 saturated carbocycles. The quantitative estimate of drug-likeness (QED) is 0.0714. The number of imide groups is 2. The molecule has 4 aliphatic rings. The number of sulfonamides is 1. The molecule has 1 aromatic heterocycles. The van der Waals surface area contributed by atoms with E-state index in [0.717, 1.165) is 27.8 Å². The Bertz CT molecular complexity index is 2530. The van der Waals surface area contributed by atoms with Crippen LogP contribution in [0.15, 0.2) is 60.8 Å². The summed E-state index contributed by atoms with van der Waals surface area (Å²) < 4.78 is 36.2. The van der Waals surface area contributed by atoms with E-state index in [2.05, 4.69) is 37.6 Å². The average Bonchev–Trinajstić information content (AvgIpc) is 4.07. The molecule has 7 amide bonds. The van der Waals surface area contributed by atoms with Crippen LogP contribution in [0.4, 0.5) is 11.5 Å². The summed E-state index contributed by atoms with van der Waals surface area (Å²) in [5, 5.41) is 14.3. The van der Waals surface area contributed by atoms with Crippen molar-refractivity contribution in [1.29, 1.82) is 0 Å². The summed E-state index contributed by atoms with van der Waals surface area (Å²) in [6, 6.07) is 15.6. The predicted octanol–water partition coefficient (Wildman–Crippen LogP) is 0.365. The van der Waals surface area contributed by atoms with Crippen molar-refractivity contribution in [3.05, 3.63) is 77.5 Å². The summed E-state index contributed by atoms with van der Waals surface area (Å²) in [5.74, 6) is -2.26.